The highest BCUT2D eigenvalue weighted by molar-refractivity contribution is 7.13. The van der Waals surface area contributed by atoms with Crippen LogP contribution in [-0.2, 0) is 25.7 Å². The van der Waals surface area contributed by atoms with Gasteiger partial charge >= 0.3 is 5.97 Å². The molecule has 1 aromatic carbocycles. The summed E-state index contributed by atoms with van der Waals surface area (Å²) < 4.78 is 20.9. The molecule has 0 radical (unpaired) electrons. The Morgan fingerprint density at radius 1 is 1.16 bits per heavy atom. The highest BCUT2D eigenvalue weighted by Crippen LogP contribution is 2.40. The number of aromatic nitrogens is 1. The van der Waals surface area contributed by atoms with Gasteiger partial charge in [0.1, 0.15) is 17.8 Å². The van der Waals surface area contributed by atoms with Gasteiger partial charge in [-0.15, -0.1) is 11.3 Å². The largest absolute Gasteiger partial charge is 0.490 e. The maximum absolute atomic E-state index is 14.5. The van der Waals surface area contributed by atoms with E-state index < -0.39 is 35.0 Å². The Labute approximate surface area is 267 Å². The fraction of sp³-hybridized carbons (Fsp3) is 0.606. The number of hydrogen-bond acceptors (Lipinski definition) is 7. The van der Waals surface area contributed by atoms with Gasteiger partial charge in [0.05, 0.1) is 28.1 Å². The van der Waals surface area contributed by atoms with Crippen molar-refractivity contribution < 1.29 is 33.4 Å². The number of carboxylic acid groups (broad SMARTS) is 1. The Morgan fingerprint density at radius 2 is 1.87 bits per heavy atom. The maximum Gasteiger partial charge on any atom is 0.306 e. The van der Waals surface area contributed by atoms with Crippen molar-refractivity contribution in [2.75, 3.05) is 6.54 Å². The third kappa shape index (κ3) is 7.48. The molecule has 2 aliphatic carbocycles. The molecule has 244 valence electrons. The second-order valence-electron chi connectivity index (χ2n) is 13.7. The molecule has 3 fully saturated rings. The molecule has 2 aromatic rings. The summed E-state index contributed by atoms with van der Waals surface area (Å²) in [7, 11) is 0. The lowest BCUT2D eigenvalue weighted by Crippen LogP contribution is -2.58. The van der Waals surface area contributed by atoms with Crippen molar-refractivity contribution in [3.8, 4) is 16.2 Å². The van der Waals surface area contributed by atoms with Crippen LogP contribution in [0.3, 0.4) is 0 Å². The molecule has 45 heavy (non-hydrogen) atoms. The number of nitrogens with one attached hydrogen (secondary N) is 2. The minimum Gasteiger partial charge on any atom is -0.490 e. The van der Waals surface area contributed by atoms with E-state index in [1.807, 2.05) is 45.9 Å². The van der Waals surface area contributed by atoms with E-state index in [4.69, 9.17) is 4.74 Å². The molecule has 3 amide bonds. The number of hydrogen-bond donors (Lipinski definition) is 3. The van der Waals surface area contributed by atoms with Crippen LogP contribution in [0.2, 0.25) is 0 Å². The molecule has 2 heterocycles. The average molecular weight is 643 g/mol. The molecule has 12 heteroatoms. The number of halogens is 1. The van der Waals surface area contributed by atoms with Crippen molar-refractivity contribution >= 4 is 35.0 Å². The van der Waals surface area contributed by atoms with Crippen molar-refractivity contribution in [2.24, 2.45) is 11.3 Å². The summed E-state index contributed by atoms with van der Waals surface area (Å²) in [6.45, 7) is 7.92. The SMILES string of the molecule is Cc1ncsc1-c1ccc(CNC(=O)C2CCCN2C(=O)C(NC(=O)C2(F)CC2)C(C)(C)C)c(OC2CCC(C(=O)O)CC2)c1. The zero-order valence-electron chi connectivity index (χ0n) is 26.4. The number of ether oxygens (including phenoxy) is 1. The van der Waals surface area contributed by atoms with E-state index in [-0.39, 0.29) is 43.2 Å². The first-order chi connectivity index (χ1) is 21.3. The van der Waals surface area contributed by atoms with Crippen molar-refractivity contribution in [3.63, 3.8) is 0 Å². The smallest absolute Gasteiger partial charge is 0.306 e. The second kappa shape index (κ2) is 13.1. The predicted molar refractivity (Wildman–Crippen MR) is 167 cm³/mol. The lowest BCUT2D eigenvalue weighted by atomic mass is 9.85. The quantitative estimate of drug-likeness (QED) is 0.339. The number of aliphatic carboxylic acids is 1. The number of alkyl halides is 1. The van der Waals surface area contributed by atoms with Crippen LogP contribution in [0.5, 0.6) is 5.75 Å². The fourth-order valence-electron chi connectivity index (χ4n) is 6.15. The molecular weight excluding hydrogens is 599 g/mol. The first kappa shape index (κ1) is 32.8. The van der Waals surface area contributed by atoms with E-state index in [1.54, 1.807) is 5.51 Å². The molecule has 3 aliphatic rings. The lowest BCUT2D eigenvalue weighted by Gasteiger charge is -2.35. The molecule has 2 saturated carbocycles. The molecular formula is C33H43FN4O6S. The van der Waals surface area contributed by atoms with Gasteiger partial charge in [-0.2, -0.15) is 0 Å². The van der Waals surface area contributed by atoms with Gasteiger partial charge in [0.15, 0.2) is 5.67 Å². The number of carboxylic acids is 1. The van der Waals surface area contributed by atoms with E-state index in [0.717, 1.165) is 21.7 Å². The molecule has 2 atom stereocenters. The van der Waals surface area contributed by atoms with Crippen LogP contribution in [0, 0.1) is 18.3 Å². The Kier molecular flexibility index (Phi) is 9.53. The van der Waals surface area contributed by atoms with Crippen LogP contribution in [0.1, 0.15) is 83.4 Å². The molecule has 3 N–H and O–H groups in total. The molecule has 0 bridgehead atoms. The summed E-state index contributed by atoms with van der Waals surface area (Å²) in [6.07, 6.45) is 3.63. The molecule has 0 spiro atoms. The van der Waals surface area contributed by atoms with E-state index in [2.05, 4.69) is 15.6 Å². The van der Waals surface area contributed by atoms with Crippen LogP contribution in [0.15, 0.2) is 23.7 Å². The highest BCUT2D eigenvalue weighted by atomic mass is 32.1. The van der Waals surface area contributed by atoms with Crippen LogP contribution in [-0.4, -0.2) is 69.1 Å². The Bertz CT molecular complexity index is 1440. The van der Waals surface area contributed by atoms with Crippen LogP contribution in [0.25, 0.3) is 10.4 Å². The van der Waals surface area contributed by atoms with Gasteiger partial charge in [0.25, 0.3) is 5.91 Å². The first-order valence-corrected chi connectivity index (χ1v) is 16.7. The van der Waals surface area contributed by atoms with Crippen molar-refractivity contribution in [2.45, 2.75) is 109 Å². The zero-order valence-corrected chi connectivity index (χ0v) is 27.2. The maximum atomic E-state index is 14.5. The summed E-state index contributed by atoms with van der Waals surface area (Å²) in [5.74, 6) is -1.97. The second-order valence-corrected chi connectivity index (χ2v) is 14.5. The number of carbonyl (C=O) groups excluding carboxylic acids is 3. The molecule has 2 unspecified atom stereocenters. The number of benzene rings is 1. The van der Waals surface area contributed by atoms with Crippen molar-refractivity contribution in [3.05, 3.63) is 35.0 Å². The molecule has 1 aliphatic heterocycles. The summed E-state index contributed by atoms with van der Waals surface area (Å²) >= 11 is 1.53. The van der Waals surface area contributed by atoms with Crippen LogP contribution >= 0.6 is 11.3 Å². The monoisotopic (exact) mass is 642 g/mol. The minimum atomic E-state index is -1.91. The van der Waals surface area contributed by atoms with Gasteiger partial charge in [0, 0.05) is 18.7 Å². The summed E-state index contributed by atoms with van der Waals surface area (Å²) in [4.78, 5) is 58.1. The normalized spacial score (nSPS) is 23.2. The van der Waals surface area contributed by atoms with E-state index >= 15 is 0 Å². The van der Waals surface area contributed by atoms with Gasteiger partial charge < -0.3 is 25.4 Å². The molecule has 1 saturated heterocycles. The molecule has 5 rings (SSSR count). The van der Waals surface area contributed by atoms with E-state index in [1.165, 1.54) is 16.2 Å². The van der Waals surface area contributed by atoms with Gasteiger partial charge in [-0.25, -0.2) is 9.37 Å². The number of aryl methyl sites for hydroxylation is 1. The highest BCUT2D eigenvalue weighted by Gasteiger charge is 2.53. The first-order valence-electron chi connectivity index (χ1n) is 15.8. The number of amides is 3. The zero-order chi connectivity index (χ0) is 32.5. The summed E-state index contributed by atoms with van der Waals surface area (Å²) in [5.41, 5.74) is 1.82. The molecule has 1 aromatic heterocycles. The minimum absolute atomic E-state index is 0.139. The number of rotatable bonds is 10. The van der Waals surface area contributed by atoms with Gasteiger partial charge in [-0.05, 0) is 75.3 Å². The number of thiazole rings is 1. The van der Waals surface area contributed by atoms with Crippen LogP contribution < -0.4 is 15.4 Å². The van der Waals surface area contributed by atoms with Gasteiger partial charge in [-0.1, -0.05) is 32.9 Å². The van der Waals surface area contributed by atoms with E-state index in [0.29, 0.717) is 50.8 Å². The topological polar surface area (TPSA) is 138 Å². The Morgan fingerprint density at radius 3 is 2.47 bits per heavy atom. The average Bonchev–Trinajstić information content (AvgIpc) is 3.36. The Balaban J connectivity index is 1.29. The van der Waals surface area contributed by atoms with Crippen molar-refractivity contribution in [1.82, 2.24) is 20.5 Å². The van der Waals surface area contributed by atoms with E-state index in [9.17, 15) is 28.7 Å². The summed E-state index contributed by atoms with van der Waals surface area (Å²) in [6, 6.07) is 4.15. The lowest BCUT2D eigenvalue weighted by molar-refractivity contribution is -0.144. The number of nitrogens with zero attached hydrogens (tertiary/aromatic N) is 2. The third-order valence-electron chi connectivity index (χ3n) is 9.17. The molecule has 10 nitrogen and oxygen atoms in total. The van der Waals surface area contributed by atoms with Gasteiger partial charge in [-0.3, -0.25) is 19.2 Å². The third-order valence-corrected chi connectivity index (χ3v) is 10.1. The number of carbonyl (C=O) groups is 4. The standard InChI is InChI=1S/C33H43FN4O6S/c1-19-26(45-18-36-19)21-7-8-22(25(16-21)44-23-11-9-20(10-12-23)30(41)42)17-35-28(39)24-6-5-15-38(24)29(40)27(32(2,3)4)37-31(43)33(34)13-14-33/h7-8,16,18,20,23-24,27H,5-6,9-15,17H2,1-4H3,(H,35,39)(H,37,43)(H,41,42). The van der Waals surface area contributed by atoms with Gasteiger partial charge in [0.2, 0.25) is 11.8 Å². The van der Waals surface area contributed by atoms with Crippen molar-refractivity contribution in [1.29, 1.82) is 0 Å². The van der Waals surface area contributed by atoms with Crippen LogP contribution in [0.4, 0.5) is 4.39 Å². The fourth-order valence-corrected chi connectivity index (χ4v) is 6.96. The predicted octanol–water partition coefficient (Wildman–Crippen LogP) is 4.78. The Hall–Kier alpha value is -3.54. The number of likely N-dealkylation sites (tertiary alicyclic amines) is 1. The summed E-state index contributed by atoms with van der Waals surface area (Å²) in [5, 5.41) is 15.0.